The molecule has 0 amide bonds. The Balaban J connectivity index is 0.000000704. The molecule has 2 heterocycles. The lowest BCUT2D eigenvalue weighted by molar-refractivity contribution is 0.412. The Labute approximate surface area is 122 Å². The molecule has 1 aromatic carbocycles. The number of ether oxygens (including phenoxy) is 1. The van der Waals surface area contributed by atoms with Gasteiger partial charge in [-0.1, -0.05) is 32.0 Å². The van der Waals surface area contributed by atoms with Crippen LogP contribution in [0.4, 0.5) is 0 Å². The third-order valence-corrected chi connectivity index (χ3v) is 2.97. The molecule has 0 aliphatic rings. The van der Waals surface area contributed by atoms with Gasteiger partial charge in [0.25, 0.3) is 0 Å². The summed E-state index contributed by atoms with van der Waals surface area (Å²) >= 11 is 5.85. The molecule has 0 bridgehead atoms. The molecule has 5 heteroatoms. The largest absolute Gasteiger partial charge is 0.493 e. The molecule has 2 aromatic heterocycles. The summed E-state index contributed by atoms with van der Waals surface area (Å²) in [4.78, 5) is 11.4. The molecule has 0 atom stereocenters. The van der Waals surface area contributed by atoms with Gasteiger partial charge in [0, 0.05) is 22.7 Å². The summed E-state index contributed by atoms with van der Waals surface area (Å²) in [5, 5.41) is 1.28. The summed E-state index contributed by atoms with van der Waals surface area (Å²) < 4.78 is 5.28. The summed E-state index contributed by atoms with van der Waals surface area (Å²) in [5.41, 5.74) is 2.69. The molecule has 0 radical (unpaired) electrons. The van der Waals surface area contributed by atoms with Crippen LogP contribution in [0.5, 0.6) is 5.75 Å². The monoisotopic (exact) mass is 289 g/mol. The molecule has 0 spiro atoms. The zero-order chi connectivity index (χ0) is 14.5. The molecule has 3 aromatic rings. The Kier molecular flexibility index (Phi) is 4.58. The number of nitrogens with zero attached hydrogens (tertiary/aromatic N) is 2. The zero-order valence-corrected chi connectivity index (χ0v) is 12.4. The first-order valence-corrected chi connectivity index (χ1v) is 6.80. The fourth-order valence-corrected chi connectivity index (χ4v) is 2.09. The van der Waals surface area contributed by atoms with Gasteiger partial charge in [0.05, 0.1) is 13.3 Å². The van der Waals surface area contributed by atoms with Crippen molar-refractivity contribution in [3.8, 4) is 17.0 Å². The van der Waals surface area contributed by atoms with Crippen LogP contribution in [0, 0.1) is 0 Å². The topological polar surface area (TPSA) is 50.8 Å². The van der Waals surface area contributed by atoms with E-state index in [1.54, 1.807) is 13.3 Å². The maximum absolute atomic E-state index is 5.85. The quantitative estimate of drug-likeness (QED) is 0.715. The lowest BCUT2D eigenvalue weighted by Gasteiger charge is -2.06. The summed E-state index contributed by atoms with van der Waals surface area (Å²) in [6, 6.07) is 7.99. The van der Waals surface area contributed by atoms with Crippen molar-refractivity contribution in [1.29, 1.82) is 0 Å². The molecule has 0 fully saturated rings. The summed E-state index contributed by atoms with van der Waals surface area (Å²) in [6.45, 7) is 4.00. The van der Waals surface area contributed by atoms with Crippen molar-refractivity contribution >= 4 is 22.5 Å². The van der Waals surface area contributed by atoms with E-state index in [1.165, 1.54) is 0 Å². The molecule has 0 saturated carbocycles. The maximum atomic E-state index is 5.85. The molecular formula is C15H16ClN3O. The standard InChI is InChI=1S/C13H10ClN3O.C2H6/c1-18-11-7-16-13(14)17-12(11)9-6-15-10-5-3-2-4-8(9)10;1-2/h2-7,15H,1H3;1-2H3. The Morgan fingerprint density at radius 1 is 1.20 bits per heavy atom. The number of para-hydroxylation sites is 1. The molecule has 0 unspecified atom stereocenters. The SMILES string of the molecule is CC.COc1cnc(Cl)nc1-c1c[nH]c2ccccc12. The van der Waals surface area contributed by atoms with Crippen LogP contribution in [0.25, 0.3) is 22.2 Å². The van der Waals surface area contributed by atoms with E-state index in [-0.39, 0.29) is 5.28 Å². The third kappa shape index (κ3) is 2.60. The van der Waals surface area contributed by atoms with Crippen LogP contribution < -0.4 is 4.74 Å². The van der Waals surface area contributed by atoms with Gasteiger partial charge >= 0.3 is 0 Å². The van der Waals surface area contributed by atoms with Crippen molar-refractivity contribution in [2.45, 2.75) is 13.8 Å². The van der Waals surface area contributed by atoms with Crippen molar-refractivity contribution < 1.29 is 4.74 Å². The predicted molar refractivity (Wildman–Crippen MR) is 82.2 cm³/mol. The van der Waals surface area contributed by atoms with Gasteiger partial charge in [-0.05, 0) is 17.7 Å². The van der Waals surface area contributed by atoms with Gasteiger partial charge in [0.2, 0.25) is 5.28 Å². The van der Waals surface area contributed by atoms with E-state index in [0.29, 0.717) is 11.4 Å². The van der Waals surface area contributed by atoms with Crippen LogP contribution >= 0.6 is 11.6 Å². The second-order valence-corrected chi connectivity index (χ2v) is 4.14. The molecule has 20 heavy (non-hydrogen) atoms. The molecular weight excluding hydrogens is 274 g/mol. The summed E-state index contributed by atoms with van der Waals surface area (Å²) in [5.74, 6) is 0.601. The van der Waals surface area contributed by atoms with Gasteiger partial charge in [-0.2, -0.15) is 0 Å². The number of fused-ring (bicyclic) bond motifs is 1. The summed E-state index contributed by atoms with van der Waals surface area (Å²) in [6.07, 6.45) is 3.47. The smallest absolute Gasteiger partial charge is 0.223 e. The Hall–Kier alpha value is -2.07. The van der Waals surface area contributed by atoms with Gasteiger partial charge in [-0.3, -0.25) is 0 Å². The second-order valence-electron chi connectivity index (χ2n) is 3.80. The van der Waals surface area contributed by atoms with Gasteiger partial charge in [-0.15, -0.1) is 0 Å². The first-order chi connectivity index (χ1) is 9.79. The predicted octanol–water partition coefficient (Wildman–Crippen LogP) is 4.31. The number of hydrogen-bond donors (Lipinski definition) is 1. The van der Waals surface area contributed by atoms with Crippen LogP contribution in [0.2, 0.25) is 5.28 Å². The van der Waals surface area contributed by atoms with E-state index >= 15 is 0 Å². The molecule has 0 aliphatic carbocycles. The number of methoxy groups -OCH3 is 1. The Morgan fingerprint density at radius 3 is 2.70 bits per heavy atom. The number of halogens is 1. The summed E-state index contributed by atoms with van der Waals surface area (Å²) in [7, 11) is 1.59. The number of aromatic amines is 1. The molecule has 1 N–H and O–H groups in total. The Bertz CT molecular complexity index is 709. The highest BCUT2D eigenvalue weighted by Gasteiger charge is 2.13. The molecule has 104 valence electrons. The molecule has 0 aliphatic heterocycles. The van der Waals surface area contributed by atoms with Crippen LogP contribution in [-0.4, -0.2) is 22.1 Å². The lowest BCUT2D eigenvalue weighted by atomic mass is 10.1. The van der Waals surface area contributed by atoms with E-state index in [4.69, 9.17) is 16.3 Å². The Morgan fingerprint density at radius 2 is 1.95 bits per heavy atom. The van der Waals surface area contributed by atoms with E-state index in [1.807, 2.05) is 44.3 Å². The van der Waals surface area contributed by atoms with Crippen LogP contribution in [0.15, 0.2) is 36.7 Å². The van der Waals surface area contributed by atoms with Crippen LogP contribution in [-0.2, 0) is 0 Å². The van der Waals surface area contributed by atoms with Crippen molar-refractivity contribution in [3.05, 3.63) is 41.9 Å². The lowest BCUT2D eigenvalue weighted by Crippen LogP contribution is -1.93. The van der Waals surface area contributed by atoms with Gasteiger partial charge in [-0.25, -0.2) is 9.97 Å². The van der Waals surface area contributed by atoms with E-state index in [2.05, 4.69) is 15.0 Å². The molecule has 0 saturated heterocycles. The van der Waals surface area contributed by atoms with E-state index in [0.717, 1.165) is 16.5 Å². The van der Waals surface area contributed by atoms with Gasteiger partial charge in [0.15, 0.2) is 5.75 Å². The van der Waals surface area contributed by atoms with E-state index < -0.39 is 0 Å². The minimum absolute atomic E-state index is 0.205. The zero-order valence-electron chi connectivity index (χ0n) is 11.6. The molecule has 3 rings (SSSR count). The normalized spacial score (nSPS) is 10.0. The van der Waals surface area contributed by atoms with Crippen LogP contribution in [0.3, 0.4) is 0 Å². The average Bonchev–Trinajstić information content (AvgIpc) is 2.93. The number of benzene rings is 1. The van der Waals surface area contributed by atoms with Gasteiger partial charge in [0.1, 0.15) is 5.69 Å². The maximum Gasteiger partial charge on any atom is 0.223 e. The minimum Gasteiger partial charge on any atom is -0.493 e. The van der Waals surface area contributed by atoms with Crippen molar-refractivity contribution in [2.75, 3.05) is 7.11 Å². The minimum atomic E-state index is 0.205. The fraction of sp³-hybridized carbons (Fsp3) is 0.200. The first kappa shape index (κ1) is 14.3. The highest BCUT2D eigenvalue weighted by Crippen LogP contribution is 2.33. The number of nitrogens with one attached hydrogen (secondary N) is 1. The van der Waals surface area contributed by atoms with Gasteiger partial charge < -0.3 is 9.72 Å². The number of rotatable bonds is 2. The van der Waals surface area contributed by atoms with E-state index in [9.17, 15) is 0 Å². The average molecular weight is 290 g/mol. The van der Waals surface area contributed by atoms with Crippen molar-refractivity contribution in [1.82, 2.24) is 15.0 Å². The van der Waals surface area contributed by atoms with Crippen molar-refractivity contribution in [3.63, 3.8) is 0 Å². The second kappa shape index (κ2) is 6.39. The number of H-pyrrole nitrogens is 1. The highest BCUT2D eigenvalue weighted by atomic mass is 35.5. The third-order valence-electron chi connectivity index (χ3n) is 2.79. The molecule has 4 nitrogen and oxygen atoms in total. The van der Waals surface area contributed by atoms with Crippen molar-refractivity contribution in [2.24, 2.45) is 0 Å². The number of aromatic nitrogens is 3. The first-order valence-electron chi connectivity index (χ1n) is 6.42. The van der Waals surface area contributed by atoms with Crippen LogP contribution in [0.1, 0.15) is 13.8 Å². The fourth-order valence-electron chi connectivity index (χ4n) is 1.96. The number of hydrogen-bond acceptors (Lipinski definition) is 3. The highest BCUT2D eigenvalue weighted by molar-refractivity contribution is 6.28.